The van der Waals surface area contributed by atoms with Gasteiger partial charge < -0.3 is 9.62 Å². The molecule has 0 bridgehead atoms. The van der Waals surface area contributed by atoms with Gasteiger partial charge in [-0.05, 0) is 41.9 Å². The van der Waals surface area contributed by atoms with Crippen LogP contribution in [0.5, 0.6) is 0 Å². The zero-order chi connectivity index (χ0) is 18.1. The lowest BCUT2D eigenvalue weighted by Gasteiger charge is -2.29. The van der Waals surface area contributed by atoms with Gasteiger partial charge in [0.05, 0.1) is 11.4 Å². The van der Waals surface area contributed by atoms with Gasteiger partial charge in [0.2, 0.25) is 0 Å². The first-order valence-corrected chi connectivity index (χ1v) is 9.12. The van der Waals surface area contributed by atoms with Gasteiger partial charge in [-0.25, -0.2) is 4.98 Å². The van der Waals surface area contributed by atoms with Crippen molar-refractivity contribution in [3.8, 4) is 0 Å². The number of pyridine rings is 1. The van der Waals surface area contributed by atoms with E-state index in [0.717, 1.165) is 17.2 Å². The summed E-state index contributed by atoms with van der Waals surface area (Å²) in [6, 6.07) is 35.8. The second-order valence-corrected chi connectivity index (χ2v) is 6.54. The van der Waals surface area contributed by atoms with Crippen LogP contribution >= 0.6 is 0 Å². The monoisotopic (exact) mass is 347 g/mol. The molecular weight excluding hydrogens is 329 g/mol. The van der Waals surface area contributed by atoms with Gasteiger partial charge in [0.25, 0.3) is 0 Å². The summed E-state index contributed by atoms with van der Waals surface area (Å²) < 4.78 is 0. The normalized spacial score (nSPS) is 13.0. The standard InChI is InChI=1S/C23H18BN3/c1-3-11-19(12-4-1)24-26(20-13-5-2-6-14-20)21-15-7-8-16-22(21)27(24)23-17-9-10-18-25-23/h1-18H. The van der Waals surface area contributed by atoms with E-state index in [2.05, 4.69) is 106 Å². The minimum atomic E-state index is 0.000833. The maximum Gasteiger partial charge on any atom is 0.421 e. The Labute approximate surface area is 159 Å². The van der Waals surface area contributed by atoms with Crippen LogP contribution in [0.1, 0.15) is 0 Å². The zero-order valence-corrected chi connectivity index (χ0v) is 14.8. The molecule has 4 heteroatoms. The van der Waals surface area contributed by atoms with E-state index in [9.17, 15) is 0 Å². The number of nitrogens with zero attached hydrogens (tertiary/aromatic N) is 3. The maximum atomic E-state index is 4.66. The van der Waals surface area contributed by atoms with Crippen LogP contribution in [-0.2, 0) is 0 Å². The quantitative estimate of drug-likeness (QED) is 0.498. The van der Waals surface area contributed by atoms with Crippen LogP contribution in [0.2, 0.25) is 0 Å². The Balaban J connectivity index is 1.77. The molecule has 0 amide bonds. The fourth-order valence-electron chi connectivity index (χ4n) is 3.79. The molecule has 1 aromatic heterocycles. The highest BCUT2D eigenvalue weighted by molar-refractivity contribution is 6.84. The summed E-state index contributed by atoms with van der Waals surface area (Å²) in [4.78, 5) is 9.37. The third-order valence-corrected chi connectivity index (χ3v) is 4.92. The minimum absolute atomic E-state index is 0.000833. The Bertz CT molecular complexity index is 972. The maximum absolute atomic E-state index is 4.66. The summed E-state index contributed by atoms with van der Waals surface area (Å²) in [6.45, 7) is 0.000833. The van der Waals surface area contributed by atoms with Gasteiger partial charge in [-0.1, -0.05) is 66.7 Å². The molecule has 0 radical (unpaired) electrons. The fourth-order valence-corrected chi connectivity index (χ4v) is 3.79. The molecule has 1 aliphatic rings. The number of hydrogen-bond donors (Lipinski definition) is 0. The third-order valence-electron chi connectivity index (χ3n) is 4.92. The lowest BCUT2D eigenvalue weighted by molar-refractivity contribution is 1.24. The Hall–Kier alpha value is -3.53. The van der Waals surface area contributed by atoms with Crippen molar-refractivity contribution in [2.45, 2.75) is 0 Å². The van der Waals surface area contributed by atoms with Crippen molar-refractivity contribution in [3.05, 3.63) is 109 Å². The van der Waals surface area contributed by atoms with Crippen LogP contribution in [0.15, 0.2) is 109 Å². The zero-order valence-electron chi connectivity index (χ0n) is 14.8. The molecule has 5 rings (SSSR count). The third kappa shape index (κ3) is 2.66. The van der Waals surface area contributed by atoms with Crippen LogP contribution < -0.4 is 15.1 Å². The number of aromatic nitrogens is 1. The van der Waals surface area contributed by atoms with Crippen molar-refractivity contribution in [1.29, 1.82) is 0 Å². The smallest absolute Gasteiger partial charge is 0.360 e. The molecule has 2 heterocycles. The number of hydrogen-bond acceptors (Lipinski definition) is 3. The van der Waals surface area contributed by atoms with Crippen LogP contribution in [0.3, 0.4) is 0 Å². The van der Waals surface area contributed by atoms with Gasteiger partial charge >= 0.3 is 6.98 Å². The highest BCUT2D eigenvalue weighted by Crippen LogP contribution is 2.45. The second kappa shape index (κ2) is 6.65. The van der Waals surface area contributed by atoms with E-state index < -0.39 is 0 Å². The molecule has 0 spiro atoms. The second-order valence-electron chi connectivity index (χ2n) is 6.54. The molecule has 0 unspecified atom stereocenters. The molecule has 0 saturated heterocycles. The number of fused-ring (bicyclic) bond motifs is 1. The highest BCUT2D eigenvalue weighted by Gasteiger charge is 2.43. The van der Waals surface area contributed by atoms with E-state index in [1.54, 1.807) is 0 Å². The summed E-state index contributed by atoms with van der Waals surface area (Å²) in [5, 5.41) is 0. The van der Waals surface area contributed by atoms with Crippen LogP contribution in [0, 0.1) is 0 Å². The highest BCUT2D eigenvalue weighted by atomic mass is 15.3. The molecule has 4 aromatic rings. The number of para-hydroxylation sites is 3. The first-order chi connectivity index (χ1) is 13.4. The summed E-state index contributed by atoms with van der Waals surface area (Å²) >= 11 is 0. The lowest BCUT2D eigenvalue weighted by atomic mass is 9.65. The van der Waals surface area contributed by atoms with Gasteiger partial charge in [0.15, 0.2) is 0 Å². The van der Waals surface area contributed by atoms with Crippen molar-refractivity contribution in [3.63, 3.8) is 0 Å². The van der Waals surface area contributed by atoms with E-state index in [-0.39, 0.29) is 6.98 Å². The predicted molar refractivity (Wildman–Crippen MR) is 113 cm³/mol. The molecular formula is C23H18BN3. The van der Waals surface area contributed by atoms with Crippen LogP contribution in [0.25, 0.3) is 0 Å². The molecule has 1 aliphatic heterocycles. The van der Waals surface area contributed by atoms with Crippen molar-refractivity contribution in [2.75, 3.05) is 9.62 Å². The van der Waals surface area contributed by atoms with Gasteiger partial charge in [0, 0.05) is 11.9 Å². The molecule has 0 N–H and O–H groups in total. The van der Waals surface area contributed by atoms with E-state index in [1.807, 2.05) is 18.3 Å². The van der Waals surface area contributed by atoms with Crippen molar-refractivity contribution in [2.24, 2.45) is 0 Å². The number of rotatable bonds is 3. The van der Waals surface area contributed by atoms with Crippen LogP contribution in [0.4, 0.5) is 22.9 Å². The summed E-state index contributed by atoms with van der Waals surface area (Å²) in [5.41, 5.74) is 4.73. The molecule has 0 aliphatic carbocycles. The molecule has 0 fully saturated rings. The van der Waals surface area contributed by atoms with E-state index >= 15 is 0 Å². The van der Waals surface area contributed by atoms with E-state index in [0.29, 0.717) is 0 Å². The van der Waals surface area contributed by atoms with E-state index in [4.69, 9.17) is 0 Å². The fraction of sp³-hybridized carbons (Fsp3) is 0. The Morgan fingerprint density at radius 2 is 1.15 bits per heavy atom. The summed E-state index contributed by atoms with van der Waals surface area (Å²) in [6.07, 6.45) is 1.85. The topological polar surface area (TPSA) is 19.4 Å². The Kier molecular flexibility index (Phi) is 3.87. The average molecular weight is 347 g/mol. The van der Waals surface area contributed by atoms with Gasteiger partial charge in [-0.15, -0.1) is 0 Å². The van der Waals surface area contributed by atoms with Crippen molar-refractivity contribution >= 4 is 35.3 Å². The molecule has 0 atom stereocenters. The lowest BCUT2D eigenvalue weighted by Crippen LogP contribution is -2.53. The van der Waals surface area contributed by atoms with Crippen molar-refractivity contribution in [1.82, 2.24) is 4.98 Å². The van der Waals surface area contributed by atoms with Gasteiger partial charge in [-0.2, -0.15) is 0 Å². The summed E-state index contributed by atoms with van der Waals surface area (Å²) in [7, 11) is 0. The molecule has 3 nitrogen and oxygen atoms in total. The largest absolute Gasteiger partial charge is 0.421 e. The number of benzene rings is 3. The first-order valence-electron chi connectivity index (χ1n) is 9.12. The summed E-state index contributed by atoms with van der Waals surface area (Å²) in [5.74, 6) is 0.942. The molecule has 27 heavy (non-hydrogen) atoms. The SMILES string of the molecule is c1ccc(B2N(c3ccccc3)c3ccccc3N2c2ccccn2)cc1. The van der Waals surface area contributed by atoms with E-state index in [1.165, 1.54) is 11.2 Å². The average Bonchev–Trinajstić information content (AvgIpc) is 3.11. The molecule has 128 valence electrons. The Morgan fingerprint density at radius 3 is 1.81 bits per heavy atom. The van der Waals surface area contributed by atoms with Crippen molar-refractivity contribution < 1.29 is 0 Å². The molecule has 0 saturated carbocycles. The van der Waals surface area contributed by atoms with Gasteiger partial charge in [0.1, 0.15) is 5.82 Å². The number of anilines is 4. The molecule has 3 aromatic carbocycles. The van der Waals surface area contributed by atoms with Crippen LogP contribution in [-0.4, -0.2) is 12.0 Å². The van der Waals surface area contributed by atoms with Gasteiger partial charge in [-0.3, -0.25) is 0 Å². The Morgan fingerprint density at radius 1 is 0.556 bits per heavy atom. The minimum Gasteiger partial charge on any atom is -0.360 e. The first kappa shape index (κ1) is 15.7. The predicted octanol–water partition coefficient (Wildman–Crippen LogP) is 4.77.